The summed E-state index contributed by atoms with van der Waals surface area (Å²) in [6.45, 7) is 0. The Morgan fingerprint density at radius 3 is 2.47 bits per heavy atom. The topological polar surface area (TPSA) is 49.3 Å². The molecule has 0 aromatic heterocycles. The number of anilines is 1. The predicted molar refractivity (Wildman–Crippen MR) is 62.5 cm³/mol. The summed E-state index contributed by atoms with van der Waals surface area (Å²) >= 11 is -1.94. The third kappa shape index (κ3) is 1.73. The van der Waals surface area contributed by atoms with E-state index >= 15 is 0 Å². The summed E-state index contributed by atoms with van der Waals surface area (Å²) in [4.78, 5) is 0.449. The second-order valence-corrected chi connectivity index (χ2v) is 4.09. The van der Waals surface area contributed by atoms with Gasteiger partial charge in [-0.2, -0.15) is 0 Å². The summed E-state index contributed by atoms with van der Waals surface area (Å²) in [5.41, 5.74) is 0.958. The third-order valence-corrected chi connectivity index (χ3v) is 3.07. The Balaban J connectivity index is 2.82. The van der Waals surface area contributed by atoms with Gasteiger partial charge in [0.25, 0.3) is 0 Å². The van der Waals surface area contributed by atoms with Crippen LogP contribution in [-0.2, 0) is 11.1 Å². The maximum absolute atomic E-state index is 11.1. The Hall–Kier alpha value is -1.39. The first-order chi connectivity index (χ1) is 7.24. The quantitative estimate of drug-likeness (QED) is 0.766. The van der Waals surface area contributed by atoms with Crippen LogP contribution in [-0.4, -0.2) is 15.8 Å². The van der Waals surface area contributed by atoms with E-state index in [1.165, 1.54) is 0 Å². The molecule has 0 saturated carbocycles. The molecule has 78 valence electrons. The molecule has 0 radical (unpaired) electrons. The standard InChI is InChI=1S/C11H11NO2S/c1-12-10-6-2-5-9-8(10)4-3-7-11(9)15(13)14/h2-7,12H,1H3,(H,13,14). The summed E-state index contributed by atoms with van der Waals surface area (Å²) in [7, 11) is 1.83. The lowest BCUT2D eigenvalue weighted by molar-refractivity contribution is 0.565. The zero-order valence-electron chi connectivity index (χ0n) is 8.23. The molecular formula is C11H11NO2S. The van der Waals surface area contributed by atoms with E-state index in [1.54, 1.807) is 12.1 Å². The molecule has 2 aromatic rings. The van der Waals surface area contributed by atoms with Crippen molar-refractivity contribution in [2.45, 2.75) is 4.90 Å². The van der Waals surface area contributed by atoms with Crippen LogP contribution in [0.5, 0.6) is 0 Å². The van der Waals surface area contributed by atoms with Gasteiger partial charge in [-0.1, -0.05) is 24.3 Å². The van der Waals surface area contributed by atoms with Gasteiger partial charge in [-0.15, -0.1) is 0 Å². The SMILES string of the molecule is CNc1cccc2c(S(=O)O)cccc12. The van der Waals surface area contributed by atoms with Crippen molar-refractivity contribution in [1.82, 2.24) is 0 Å². The van der Waals surface area contributed by atoms with Crippen LogP contribution in [0.2, 0.25) is 0 Å². The van der Waals surface area contributed by atoms with Crippen LogP contribution in [0.4, 0.5) is 5.69 Å². The number of nitrogens with one attached hydrogen (secondary N) is 1. The zero-order valence-corrected chi connectivity index (χ0v) is 9.04. The molecule has 0 aliphatic carbocycles. The lowest BCUT2D eigenvalue weighted by Crippen LogP contribution is -1.93. The fourth-order valence-corrected chi connectivity index (χ4v) is 2.21. The number of rotatable bonds is 2. The van der Waals surface area contributed by atoms with Crippen molar-refractivity contribution in [3.05, 3.63) is 36.4 Å². The molecule has 0 fully saturated rings. The van der Waals surface area contributed by atoms with Crippen molar-refractivity contribution in [3.63, 3.8) is 0 Å². The monoisotopic (exact) mass is 221 g/mol. The van der Waals surface area contributed by atoms with Gasteiger partial charge in [0.15, 0.2) is 11.1 Å². The highest BCUT2D eigenvalue weighted by atomic mass is 32.2. The van der Waals surface area contributed by atoms with Crippen LogP contribution in [0.15, 0.2) is 41.3 Å². The van der Waals surface area contributed by atoms with Crippen molar-refractivity contribution in [1.29, 1.82) is 0 Å². The molecule has 2 rings (SSSR count). The van der Waals surface area contributed by atoms with Crippen molar-refractivity contribution in [3.8, 4) is 0 Å². The molecule has 0 amide bonds. The second-order valence-electron chi connectivity index (χ2n) is 3.16. The highest BCUT2D eigenvalue weighted by molar-refractivity contribution is 7.79. The number of benzene rings is 2. The molecule has 0 saturated heterocycles. The van der Waals surface area contributed by atoms with Gasteiger partial charge in [0.05, 0.1) is 4.90 Å². The van der Waals surface area contributed by atoms with Crippen LogP contribution >= 0.6 is 0 Å². The average Bonchev–Trinajstić information content (AvgIpc) is 2.27. The maximum Gasteiger partial charge on any atom is 0.187 e. The normalized spacial score (nSPS) is 12.7. The Morgan fingerprint density at radius 1 is 1.13 bits per heavy atom. The van der Waals surface area contributed by atoms with Crippen molar-refractivity contribution >= 4 is 27.5 Å². The highest BCUT2D eigenvalue weighted by Gasteiger charge is 2.07. The first-order valence-electron chi connectivity index (χ1n) is 4.54. The first-order valence-corrected chi connectivity index (χ1v) is 5.65. The zero-order chi connectivity index (χ0) is 10.8. The number of hydrogen-bond donors (Lipinski definition) is 2. The highest BCUT2D eigenvalue weighted by Crippen LogP contribution is 2.27. The van der Waals surface area contributed by atoms with Crippen LogP contribution in [0.1, 0.15) is 0 Å². The molecule has 0 aliphatic rings. The van der Waals surface area contributed by atoms with E-state index < -0.39 is 11.1 Å². The first kappa shape index (κ1) is 10.1. The van der Waals surface area contributed by atoms with Gasteiger partial charge >= 0.3 is 0 Å². The van der Waals surface area contributed by atoms with Crippen LogP contribution in [0.3, 0.4) is 0 Å². The molecule has 2 aromatic carbocycles. The second kappa shape index (κ2) is 4.00. The van der Waals surface area contributed by atoms with Crippen LogP contribution < -0.4 is 5.32 Å². The van der Waals surface area contributed by atoms with Crippen molar-refractivity contribution in [2.75, 3.05) is 12.4 Å². The molecule has 15 heavy (non-hydrogen) atoms. The minimum Gasteiger partial charge on any atom is -0.388 e. The van der Waals surface area contributed by atoms with Gasteiger partial charge in [0, 0.05) is 23.5 Å². The predicted octanol–water partition coefficient (Wildman–Crippen LogP) is 2.46. The van der Waals surface area contributed by atoms with E-state index in [-0.39, 0.29) is 0 Å². The molecular weight excluding hydrogens is 210 g/mol. The largest absolute Gasteiger partial charge is 0.388 e. The lowest BCUT2D eigenvalue weighted by Gasteiger charge is -2.07. The number of fused-ring (bicyclic) bond motifs is 1. The molecule has 1 atom stereocenters. The third-order valence-electron chi connectivity index (χ3n) is 2.34. The Morgan fingerprint density at radius 2 is 1.80 bits per heavy atom. The molecule has 0 bridgehead atoms. The maximum atomic E-state index is 11.1. The molecule has 0 spiro atoms. The molecule has 3 nitrogen and oxygen atoms in total. The fourth-order valence-electron chi connectivity index (χ4n) is 1.65. The van der Waals surface area contributed by atoms with Gasteiger partial charge in [-0.3, -0.25) is 0 Å². The van der Waals surface area contributed by atoms with E-state index in [9.17, 15) is 4.21 Å². The fraction of sp³-hybridized carbons (Fsp3) is 0.0909. The summed E-state index contributed by atoms with van der Waals surface area (Å²) in [5, 5.41) is 4.82. The van der Waals surface area contributed by atoms with Crippen LogP contribution in [0, 0.1) is 0 Å². The van der Waals surface area contributed by atoms with Crippen molar-refractivity contribution < 1.29 is 8.76 Å². The van der Waals surface area contributed by atoms with E-state index in [2.05, 4.69) is 5.32 Å². The summed E-state index contributed by atoms with van der Waals surface area (Å²) in [6.07, 6.45) is 0. The van der Waals surface area contributed by atoms with Crippen LogP contribution in [0.25, 0.3) is 10.8 Å². The van der Waals surface area contributed by atoms with Gasteiger partial charge in [-0.25, -0.2) is 4.21 Å². The van der Waals surface area contributed by atoms with Crippen molar-refractivity contribution in [2.24, 2.45) is 0 Å². The lowest BCUT2D eigenvalue weighted by atomic mass is 10.1. The smallest absolute Gasteiger partial charge is 0.187 e. The molecule has 4 heteroatoms. The average molecular weight is 221 g/mol. The molecule has 0 aliphatic heterocycles. The minimum atomic E-state index is -1.94. The minimum absolute atomic E-state index is 0.449. The molecule has 1 unspecified atom stereocenters. The van der Waals surface area contributed by atoms with Gasteiger partial charge < -0.3 is 9.87 Å². The summed E-state index contributed by atoms with van der Waals surface area (Å²) in [5.74, 6) is 0. The van der Waals surface area contributed by atoms with E-state index in [4.69, 9.17) is 4.55 Å². The van der Waals surface area contributed by atoms with Gasteiger partial charge in [0.1, 0.15) is 0 Å². The van der Waals surface area contributed by atoms with E-state index in [0.717, 1.165) is 16.5 Å². The van der Waals surface area contributed by atoms with Gasteiger partial charge in [-0.05, 0) is 12.1 Å². The molecule has 0 heterocycles. The Bertz CT molecular complexity index is 525. The number of hydrogen-bond acceptors (Lipinski definition) is 2. The van der Waals surface area contributed by atoms with E-state index in [1.807, 2.05) is 31.3 Å². The summed E-state index contributed by atoms with van der Waals surface area (Å²) in [6, 6.07) is 11.0. The summed E-state index contributed by atoms with van der Waals surface area (Å²) < 4.78 is 20.2. The Kier molecular flexibility index (Phi) is 2.70. The Labute approximate surface area is 90.4 Å². The molecule has 2 N–H and O–H groups in total. The van der Waals surface area contributed by atoms with E-state index in [0.29, 0.717) is 4.90 Å². The van der Waals surface area contributed by atoms with Gasteiger partial charge in [0.2, 0.25) is 0 Å².